The maximum absolute atomic E-state index is 13.4. The molecule has 0 aromatic heterocycles. The minimum absolute atomic E-state index is 0.0483. The number of hydrogen-bond donors (Lipinski definition) is 0. The highest BCUT2D eigenvalue weighted by molar-refractivity contribution is 8.16. The second-order valence-electron chi connectivity index (χ2n) is 7.42. The van der Waals surface area contributed by atoms with Gasteiger partial charge in [-0.15, -0.1) is 0 Å². The predicted molar refractivity (Wildman–Crippen MR) is 115 cm³/mol. The number of benzene rings is 2. The quantitative estimate of drug-likeness (QED) is 0.579. The van der Waals surface area contributed by atoms with Crippen molar-refractivity contribution in [2.75, 3.05) is 16.4 Å². The number of hydrogen-bond acceptors (Lipinski definition) is 4. The summed E-state index contributed by atoms with van der Waals surface area (Å²) in [5, 5.41) is -0.839. The van der Waals surface area contributed by atoms with E-state index in [1.54, 1.807) is 0 Å². The van der Waals surface area contributed by atoms with Crippen molar-refractivity contribution in [1.29, 1.82) is 0 Å². The summed E-state index contributed by atoms with van der Waals surface area (Å²) in [6.45, 7) is 0. The third kappa shape index (κ3) is 4.79. The van der Waals surface area contributed by atoms with Crippen molar-refractivity contribution in [2.45, 2.75) is 23.9 Å². The molecule has 0 saturated carbocycles. The number of amidine groups is 1. The summed E-state index contributed by atoms with van der Waals surface area (Å²) in [6, 6.07) is 7.86. The van der Waals surface area contributed by atoms with Gasteiger partial charge in [0.25, 0.3) is 5.91 Å². The number of alkyl halides is 3. The van der Waals surface area contributed by atoms with E-state index in [0.717, 1.165) is 23.9 Å². The van der Waals surface area contributed by atoms with Gasteiger partial charge < -0.3 is 4.90 Å². The molecular formula is C20H15ClF4N2O3S2. The number of sulfone groups is 1. The molecule has 170 valence electrons. The minimum atomic E-state index is -4.71. The Bertz CT molecular complexity index is 1200. The van der Waals surface area contributed by atoms with Gasteiger partial charge >= 0.3 is 6.18 Å². The number of rotatable bonds is 3. The Balaban J connectivity index is 1.70. The van der Waals surface area contributed by atoms with E-state index in [0.29, 0.717) is 5.56 Å². The second kappa shape index (κ2) is 8.35. The molecule has 2 aliphatic heterocycles. The summed E-state index contributed by atoms with van der Waals surface area (Å²) < 4.78 is 77.4. The molecule has 2 aromatic rings. The van der Waals surface area contributed by atoms with Crippen LogP contribution < -0.4 is 4.90 Å². The molecule has 2 fully saturated rings. The number of nitrogens with zero attached hydrogens (tertiary/aromatic N) is 2. The van der Waals surface area contributed by atoms with Crippen molar-refractivity contribution in [2.24, 2.45) is 4.99 Å². The smallest absolute Gasteiger partial charge is 0.316 e. The van der Waals surface area contributed by atoms with Crippen molar-refractivity contribution in [3.63, 3.8) is 0 Å². The van der Waals surface area contributed by atoms with Crippen molar-refractivity contribution < 1.29 is 30.8 Å². The predicted octanol–water partition coefficient (Wildman–Crippen LogP) is 4.34. The van der Waals surface area contributed by atoms with Crippen molar-refractivity contribution in [3.8, 4) is 0 Å². The van der Waals surface area contributed by atoms with Gasteiger partial charge in [0.05, 0.1) is 34.6 Å². The first-order chi connectivity index (χ1) is 14.9. The number of fused-ring (bicyclic) bond motifs is 1. The number of amides is 1. The van der Waals surface area contributed by atoms with Crippen LogP contribution in [0.1, 0.15) is 11.1 Å². The second-order valence-corrected chi connectivity index (χ2v) is 11.2. The van der Waals surface area contributed by atoms with Gasteiger partial charge in [0, 0.05) is 10.9 Å². The van der Waals surface area contributed by atoms with Gasteiger partial charge in [0.2, 0.25) is 0 Å². The average Bonchev–Trinajstić information content (AvgIpc) is 3.14. The highest BCUT2D eigenvalue weighted by Crippen LogP contribution is 2.43. The van der Waals surface area contributed by atoms with Crippen molar-refractivity contribution in [3.05, 3.63) is 64.4 Å². The van der Waals surface area contributed by atoms with Gasteiger partial charge in [0.1, 0.15) is 5.82 Å². The van der Waals surface area contributed by atoms with E-state index in [1.807, 2.05) is 0 Å². The maximum atomic E-state index is 13.4. The zero-order valence-corrected chi connectivity index (χ0v) is 18.5. The Morgan fingerprint density at radius 2 is 1.84 bits per heavy atom. The number of anilines is 1. The highest BCUT2D eigenvalue weighted by atomic mass is 35.5. The molecule has 0 unspecified atom stereocenters. The Morgan fingerprint density at radius 1 is 1.16 bits per heavy atom. The lowest BCUT2D eigenvalue weighted by Crippen LogP contribution is -2.38. The summed E-state index contributed by atoms with van der Waals surface area (Å²) in [5.41, 5.74) is -0.501. The lowest BCUT2D eigenvalue weighted by molar-refractivity contribution is -0.137. The third-order valence-corrected chi connectivity index (χ3v) is 8.63. The fourth-order valence-corrected chi connectivity index (χ4v) is 7.83. The van der Waals surface area contributed by atoms with Gasteiger partial charge in [0.15, 0.2) is 15.0 Å². The van der Waals surface area contributed by atoms with E-state index < -0.39 is 49.6 Å². The number of carbonyl (C=O) groups is 1. The van der Waals surface area contributed by atoms with Crippen molar-refractivity contribution >= 4 is 50.0 Å². The summed E-state index contributed by atoms with van der Waals surface area (Å²) in [6.07, 6.45) is -4.85. The van der Waals surface area contributed by atoms with Crippen LogP contribution in [-0.4, -0.2) is 42.3 Å². The molecule has 2 atom stereocenters. The van der Waals surface area contributed by atoms with Gasteiger partial charge in [-0.3, -0.25) is 4.79 Å². The zero-order chi connectivity index (χ0) is 23.3. The number of aliphatic imine (C=N–C) groups is 1. The average molecular weight is 507 g/mol. The molecular weight excluding hydrogens is 492 g/mol. The summed E-state index contributed by atoms with van der Waals surface area (Å²) >= 11 is 6.76. The van der Waals surface area contributed by atoms with Crippen LogP contribution >= 0.6 is 23.4 Å². The molecule has 2 heterocycles. The summed E-state index contributed by atoms with van der Waals surface area (Å²) in [4.78, 5) is 17.9. The first-order valence-electron chi connectivity index (χ1n) is 9.32. The van der Waals surface area contributed by atoms with E-state index in [4.69, 9.17) is 11.6 Å². The fourth-order valence-electron chi connectivity index (χ4n) is 3.67. The van der Waals surface area contributed by atoms with Crippen LogP contribution in [0.15, 0.2) is 47.5 Å². The van der Waals surface area contributed by atoms with Crippen LogP contribution in [0.5, 0.6) is 0 Å². The van der Waals surface area contributed by atoms with Crippen LogP contribution in [0, 0.1) is 5.82 Å². The van der Waals surface area contributed by atoms with E-state index >= 15 is 0 Å². The van der Waals surface area contributed by atoms with Crippen LogP contribution in [0.3, 0.4) is 0 Å². The van der Waals surface area contributed by atoms with Gasteiger partial charge in [-0.25, -0.2) is 12.8 Å². The Kier molecular flexibility index (Phi) is 6.01. The Labute approximate surface area is 190 Å². The molecule has 2 saturated heterocycles. The Hall–Kier alpha value is -2.11. The van der Waals surface area contributed by atoms with Gasteiger partial charge in [-0.05, 0) is 35.9 Å². The molecule has 2 aliphatic rings. The monoisotopic (exact) mass is 506 g/mol. The van der Waals surface area contributed by atoms with Gasteiger partial charge in [-0.2, -0.15) is 18.2 Å². The molecule has 1 amide bonds. The summed E-state index contributed by atoms with van der Waals surface area (Å²) in [5.74, 6) is -1.47. The standard InChI is InChI=1S/C20H15ClF4N2O3S2/c21-15-6-5-13(8-14(15)20(23,24)25)27-16-9-32(29,30)10-17(16)31-19(27)26-18(28)7-11-1-3-12(22)4-2-11/h1-6,8,16-17H,7,9-10H2/t16-,17+/m1/s1. The zero-order valence-electron chi connectivity index (χ0n) is 16.1. The number of thioether (sulfide) groups is 1. The SMILES string of the molecule is O=C(Cc1ccc(F)cc1)N=C1S[C@H]2CS(=O)(=O)C[C@H]2N1c1ccc(Cl)c(C(F)(F)F)c1. The minimum Gasteiger partial charge on any atom is -0.316 e. The molecule has 0 spiro atoms. The van der Waals surface area contributed by atoms with Crippen LogP contribution in [0.25, 0.3) is 0 Å². The lowest BCUT2D eigenvalue weighted by Gasteiger charge is -2.25. The van der Waals surface area contributed by atoms with E-state index in [2.05, 4.69) is 4.99 Å². The Morgan fingerprint density at radius 3 is 2.50 bits per heavy atom. The van der Waals surface area contributed by atoms with Crippen LogP contribution in [-0.2, 0) is 27.2 Å². The van der Waals surface area contributed by atoms with Crippen LogP contribution in [0.4, 0.5) is 23.2 Å². The fraction of sp³-hybridized carbons (Fsp3) is 0.300. The molecule has 32 heavy (non-hydrogen) atoms. The lowest BCUT2D eigenvalue weighted by atomic mass is 10.1. The molecule has 0 bridgehead atoms. The normalized spacial score (nSPS) is 23.5. The van der Waals surface area contributed by atoms with E-state index in [-0.39, 0.29) is 28.8 Å². The maximum Gasteiger partial charge on any atom is 0.417 e. The molecule has 12 heteroatoms. The van der Waals surface area contributed by atoms with E-state index in [1.165, 1.54) is 35.2 Å². The molecule has 0 N–H and O–H groups in total. The largest absolute Gasteiger partial charge is 0.417 e. The molecule has 0 aliphatic carbocycles. The van der Waals surface area contributed by atoms with Gasteiger partial charge in [-0.1, -0.05) is 35.5 Å². The third-order valence-electron chi connectivity index (χ3n) is 5.09. The molecule has 4 rings (SSSR count). The number of halogens is 5. The van der Waals surface area contributed by atoms with E-state index in [9.17, 15) is 30.8 Å². The topological polar surface area (TPSA) is 66.8 Å². The molecule has 5 nitrogen and oxygen atoms in total. The number of carbonyl (C=O) groups excluding carboxylic acids is 1. The first kappa shape index (κ1) is 23.1. The summed E-state index contributed by atoms with van der Waals surface area (Å²) in [7, 11) is -3.38. The van der Waals surface area contributed by atoms with Crippen LogP contribution in [0.2, 0.25) is 5.02 Å². The first-order valence-corrected chi connectivity index (χ1v) is 12.4. The molecule has 0 radical (unpaired) electrons. The highest BCUT2D eigenvalue weighted by Gasteiger charge is 2.49. The van der Waals surface area contributed by atoms with Crippen molar-refractivity contribution in [1.82, 2.24) is 0 Å². The molecule has 2 aromatic carbocycles.